The average Bonchev–Trinajstić information content (AvgIpc) is 3.13. The molecule has 0 aliphatic heterocycles. The second-order valence-corrected chi connectivity index (χ2v) is 5.87. The van der Waals surface area contributed by atoms with E-state index in [9.17, 15) is 0 Å². The van der Waals surface area contributed by atoms with Crippen molar-refractivity contribution in [3.63, 3.8) is 0 Å². The summed E-state index contributed by atoms with van der Waals surface area (Å²) in [6.45, 7) is 2.59. The molecular formula is C16H18N4S. The molecule has 21 heavy (non-hydrogen) atoms. The SMILES string of the molecule is CN(Cc1cscn1)Cc1cncn1Cc1ccccc1. The lowest BCUT2D eigenvalue weighted by atomic mass is 10.2. The predicted molar refractivity (Wildman–Crippen MR) is 85.1 cm³/mol. The van der Waals surface area contributed by atoms with Crippen LogP contribution in [0.25, 0.3) is 0 Å². The Balaban J connectivity index is 1.65. The zero-order valence-electron chi connectivity index (χ0n) is 12.0. The maximum atomic E-state index is 4.33. The number of nitrogens with zero attached hydrogens (tertiary/aromatic N) is 4. The van der Waals surface area contributed by atoms with E-state index in [0.717, 1.165) is 25.3 Å². The number of aromatic nitrogens is 3. The van der Waals surface area contributed by atoms with E-state index in [2.05, 4.69) is 56.1 Å². The van der Waals surface area contributed by atoms with Crippen molar-refractivity contribution in [2.75, 3.05) is 7.05 Å². The Morgan fingerprint density at radius 1 is 1.19 bits per heavy atom. The van der Waals surface area contributed by atoms with Gasteiger partial charge in [-0.2, -0.15) is 0 Å². The Kier molecular flexibility index (Phi) is 4.43. The summed E-state index contributed by atoms with van der Waals surface area (Å²) in [6, 6.07) is 10.5. The lowest BCUT2D eigenvalue weighted by molar-refractivity contribution is 0.307. The summed E-state index contributed by atoms with van der Waals surface area (Å²) in [4.78, 5) is 10.9. The Morgan fingerprint density at radius 3 is 2.81 bits per heavy atom. The molecule has 0 saturated carbocycles. The minimum absolute atomic E-state index is 0.861. The number of thiazole rings is 1. The molecule has 3 rings (SSSR count). The van der Waals surface area contributed by atoms with E-state index in [-0.39, 0.29) is 0 Å². The van der Waals surface area contributed by atoms with Gasteiger partial charge in [-0.05, 0) is 12.6 Å². The molecule has 0 bridgehead atoms. The van der Waals surface area contributed by atoms with Gasteiger partial charge in [0.05, 0.1) is 23.2 Å². The first-order chi connectivity index (χ1) is 10.3. The van der Waals surface area contributed by atoms with Gasteiger partial charge >= 0.3 is 0 Å². The molecule has 0 saturated heterocycles. The van der Waals surface area contributed by atoms with Crippen molar-refractivity contribution in [3.8, 4) is 0 Å². The van der Waals surface area contributed by atoms with Crippen LogP contribution in [0.3, 0.4) is 0 Å². The number of rotatable bonds is 6. The molecule has 0 N–H and O–H groups in total. The van der Waals surface area contributed by atoms with Crippen molar-refractivity contribution >= 4 is 11.3 Å². The first-order valence-electron chi connectivity index (χ1n) is 6.90. The molecule has 4 nitrogen and oxygen atoms in total. The minimum atomic E-state index is 0.861. The van der Waals surface area contributed by atoms with E-state index in [1.807, 2.05) is 24.1 Å². The molecular weight excluding hydrogens is 280 g/mol. The molecule has 0 amide bonds. The highest BCUT2D eigenvalue weighted by Gasteiger charge is 2.08. The number of hydrogen-bond donors (Lipinski definition) is 0. The predicted octanol–water partition coefficient (Wildman–Crippen LogP) is 3.02. The van der Waals surface area contributed by atoms with E-state index in [1.165, 1.54) is 11.3 Å². The number of benzene rings is 1. The fourth-order valence-corrected chi connectivity index (χ4v) is 2.88. The van der Waals surface area contributed by atoms with Crippen LogP contribution >= 0.6 is 11.3 Å². The Hall–Kier alpha value is -1.98. The van der Waals surface area contributed by atoms with Gasteiger partial charge in [-0.3, -0.25) is 4.90 Å². The van der Waals surface area contributed by atoms with Crippen LogP contribution in [0.5, 0.6) is 0 Å². The average molecular weight is 298 g/mol. The highest BCUT2D eigenvalue weighted by molar-refractivity contribution is 7.07. The third-order valence-corrected chi connectivity index (χ3v) is 3.98. The second kappa shape index (κ2) is 6.65. The Morgan fingerprint density at radius 2 is 2.05 bits per heavy atom. The van der Waals surface area contributed by atoms with Crippen molar-refractivity contribution in [2.45, 2.75) is 19.6 Å². The van der Waals surface area contributed by atoms with Crippen LogP contribution in [0.1, 0.15) is 17.0 Å². The normalized spacial score (nSPS) is 11.1. The zero-order chi connectivity index (χ0) is 14.5. The van der Waals surface area contributed by atoms with Gasteiger partial charge in [0.25, 0.3) is 0 Å². The summed E-state index contributed by atoms with van der Waals surface area (Å²) in [6.07, 6.45) is 3.85. The van der Waals surface area contributed by atoms with E-state index >= 15 is 0 Å². The molecule has 2 aromatic heterocycles. The highest BCUT2D eigenvalue weighted by Crippen LogP contribution is 2.10. The third kappa shape index (κ3) is 3.77. The van der Waals surface area contributed by atoms with Gasteiger partial charge in [0.2, 0.25) is 0 Å². The van der Waals surface area contributed by atoms with Gasteiger partial charge in [0, 0.05) is 31.2 Å². The molecule has 0 aliphatic carbocycles. The fourth-order valence-electron chi connectivity index (χ4n) is 2.33. The Labute approximate surface area is 128 Å². The highest BCUT2D eigenvalue weighted by atomic mass is 32.1. The van der Waals surface area contributed by atoms with Gasteiger partial charge < -0.3 is 4.57 Å². The van der Waals surface area contributed by atoms with Gasteiger partial charge in [-0.1, -0.05) is 30.3 Å². The van der Waals surface area contributed by atoms with Crippen LogP contribution in [-0.2, 0) is 19.6 Å². The topological polar surface area (TPSA) is 34.0 Å². The quantitative estimate of drug-likeness (QED) is 0.701. The molecule has 0 radical (unpaired) electrons. The summed E-state index contributed by atoms with van der Waals surface area (Å²) in [5, 5.41) is 2.10. The van der Waals surface area contributed by atoms with Crippen LogP contribution in [0.4, 0.5) is 0 Å². The molecule has 0 fully saturated rings. The maximum absolute atomic E-state index is 4.33. The standard InChI is InChI=1S/C16H18N4S/c1-19(9-15-11-21-13-18-15)10-16-7-17-12-20(16)8-14-5-3-2-4-6-14/h2-7,11-13H,8-10H2,1H3. The van der Waals surface area contributed by atoms with Gasteiger partial charge in [-0.15, -0.1) is 11.3 Å². The summed E-state index contributed by atoms with van der Waals surface area (Å²) in [5.74, 6) is 0. The molecule has 0 aliphatic rings. The molecule has 5 heteroatoms. The second-order valence-electron chi connectivity index (χ2n) is 5.15. The molecule has 3 aromatic rings. The smallest absolute Gasteiger partial charge is 0.0951 e. The van der Waals surface area contributed by atoms with Crippen molar-refractivity contribution < 1.29 is 0 Å². The largest absolute Gasteiger partial charge is 0.329 e. The van der Waals surface area contributed by atoms with Gasteiger partial charge in [-0.25, -0.2) is 9.97 Å². The number of imidazole rings is 1. The summed E-state index contributed by atoms with van der Waals surface area (Å²) in [7, 11) is 2.11. The van der Waals surface area contributed by atoms with Crippen LogP contribution in [0.2, 0.25) is 0 Å². The zero-order valence-corrected chi connectivity index (χ0v) is 12.8. The number of hydrogen-bond acceptors (Lipinski definition) is 4. The van der Waals surface area contributed by atoms with Crippen LogP contribution in [0, 0.1) is 0 Å². The van der Waals surface area contributed by atoms with Crippen LogP contribution < -0.4 is 0 Å². The Bertz CT molecular complexity index is 661. The molecule has 108 valence electrons. The van der Waals surface area contributed by atoms with Crippen LogP contribution in [0.15, 0.2) is 53.7 Å². The first-order valence-corrected chi connectivity index (χ1v) is 7.84. The van der Waals surface area contributed by atoms with E-state index in [1.54, 1.807) is 11.3 Å². The van der Waals surface area contributed by atoms with Crippen molar-refractivity contribution in [3.05, 3.63) is 70.7 Å². The van der Waals surface area contributed by atoms with Crippen LogP contribution in [-0.4, -0.2) is 26.5 Å². The molecule has 0 spiro atoms. The van der Waals surface area contributed by atoms with E-state index in [0.29, 0.717) is 0 Å². The van der Waals surface area contributed by atoms with Crippen molar-refractivity contribution in [1.82, 2.24) is 19.4 Å². The first kappa shape index (κ1) is 14.0. The monoisotopic (exact) mass is 298 g/mol. The van der Waals surface area contributed by atoms with E-state index in [4.69, 9.17) is 0 Å². The molecule has 0 atom stereocenters. The maximum Gasteiger partial charge on any atom is 0.0951 e. The fraction of sp³-hybridized carbons (Fsp3) is 0.250. The van der Waals surface area contributed by atoms with Crippen molar-refractivity contribution in [1.29, 1.82) is 0 Å². The molecule has 1 aromatic carbocycles. The summed E-state index contributed by atoms with van der Waals surface area (Å²) in [5.41, 5.74) is 5.51. The minimum Gasteiger partial charge on any atom is -0.329 e. The van der Waals surface area contributed by atoms with E-state index < -0.39 is 0 Å². The summed E-state index contributed by atoms with van der Waals surface area (Å²) < 4.78 is 2.20. The lowest BCUT2D eigenvalue weighted by Gasteiger charge is -2.16. The van der Waals surface area contributed by atoms with Gasteiger partial charge in [0.15, 0.2) is 0 Å². The molecule has 2 heterocycles. The van der Waals surface area contributed by atoms with Gasteiger partial charge in [0.1, 0.15) is 0 Å². The lowest BCUT2D eigenvalue weighted by Crippen LogP contribution is -2.19. The third-order valence-electron chi connectivity index (χ3n) is 3.34. The summed E-state index contributed by atoms with van der Waals surface area (Å²) >= 11 is 1.64. The molecule has 0 unspecified atom stereocenters. The van der Waals surface area contributed by atoms with Crippen molar-refractivity contribution in [2.24, 2.45) is 0 Å².